The Kier molecular flexibility index (Phi) is 5.47. The van der Waals surface area contributed by atoms with Gasteiger partial charge in [-0.15, -0.1) is 0 Å². The summed E-state index contributed by atoms with van der Waals surface area (Å²) >= 11 is 6.29. The van der Waals surface area contributed by atoms with Gasteiger partial charge in [0, 0.05) is 25.2 Å². The smallest absolute Gasteiger partial charge is 0.131 e. The maximum atomic E-state index is 6.29. The Bertz CT molecular complexity index is 437. The molecule has 114 valence electrons. The molecular formula is C15H27ClN4. The molecular weight excluding hydrogens is 272 g/mol. The van der Waals surface area contributed by atoms with Crippen molar-refractivity contribution in [1.82, 2.24) is 19.6 Å². The molecule has 1 saturated heterocycles. The van der Waals surface area contributed by atoms with Crippen LogP contribution in [0.2, 0.25) is 5.15 Å². The predicted molar refractivity (Wildman–Crippen MR) is 84.2 cm³/mol. The van der Waals surface area contributed by atoms with Gasteiger partial charge in [0.15, 0.2) is 0 Å². The molecule has 1 aromatic rings. The van der Waals surface area contributed by atoms with Crippen molar-refractivity contribution in [3.05, 3.63) is 16.4 Å². The number of nitrogens with zero attached hydrogens (tertiary/aromatic N) is 4. The average Bonchev–Trinajstić information content (AvgIpc) is 3.01. The third kappa shape index (κ3) is 3.74. The minimum Gasteiger partial charge on any atom is -0.302 e. The number of aryl methyl sites for hydroxylation is 2. The highest BCUT2D eigenvalue weighted by Crippen LogP contribution is 2.20. The Morgan fingerprint density at radius 1 is 1.35 bits per heavy atom. The van der Waals surface area contributed by atoms with E-state index in [2.05, 4.69) is 28.9 Å². The van der Waals surface area contributed by atoms with Crippen molar-refractivity contribution in [3.63, 3.8) is 0 Å². The second-order valence-corrected chi connectivity index (χ2v) is 6.45. The van der Waals surface area contributed by atoms with Gasteiger partial charge in [0.25, 0.3) is 0 Å². The molecule has 0 aliphatic carbocycles. The minimum atomic E-state index is 0.686. The summed E-state index contributed by atoms with van der Waals surface area (Å²) in [6, 6.07) is 0.686. The molecule has 0 saturated carbocycles. The Balaban J connectivity index is 1.81. The molecule has 0 bridgehead atoms. The van der Waals surface area contributed by atoms with Crippen LogP contribution in [0.25, 0.3) is 0 Å². The zero-order chi connectivity index (χ0) is 14.7. The van der Waals surface area contributed by atoms with E-state index in [-0.39, 0.29) is 0 Å². The van der Waals surface area contributed by atoms with Crippen LogP contribution in [0.15, 0.2) is 0 Å². The minimum absolute atomic E-state index is 0.686. The van der Waals surface area contributed by atoms with E-state index >= 15 is 0 Å². The molecule has 4 nitrogen and oxygen atoms in total. The van der Waals surface area contributed by atoms with Crippen molar-refractivity contribution < 1.29 is 0 Å². The summed E-state index contributed by atoms with van der Waals surface area (Å²) in [5.41, 5.74) is 2.20. The quantitative estimate of drug-likeness (QED) is 0.807. The van der Waals surface area contributed by atoms with Crippen LogP contribution in [0.5, 0.6) is 0 Å². The Hall–Kier alpha value is -0.580. The van der Waals surface area contributed by atoms with Crippen LogP contribution in [0.4, 0.5) is 0 Å². The van der Waals surface area contributed by atoms with Crippen molar-refractivity contribution in [1.29, 1.82) is 0 Å². The first-order valence-electron chi connectivity index (χ1n) is 7.59. The SMILES string of the molecule is Cc1nn(C)c(Cl)c1CN(C)CC[C@H](C)N1CCCC1. The summed E-state index contributed by atoms with van der Waals surface area (Å²) in [4.78, 5) is 4.96. The van der Waals surface area contributed by atoms with E-state index in [0.29, 0.717) is 6.04 Å². The van der Waals surface area contributed by atoms with Crippen molar-refractivity contribution >= 4 is 11.6 Å². The van der Waals surface area contributed by atoms with Gasteiger partial charge in [-0.05, 0) is 59.8 Å². The van der Waals surface area contributed by atoms with Gasteiger partial charge < -0.3 is 9.80 Å². The third-order valence-electron chi connectivity index (χ3n) is 4.39. The largest absolute Gasteiger partial charge is 0.302 e. The second-order valence-electron chi connectivity index (χ2n) is 6.10. The molecule has 1 aliphatic rings. The molecule has 0 spiro atoms. The van der Waals surface area contributed by atoms with Crippen molar-refractivity contribution in [3.8, 4) is 0 Å². The highest BCUT2D eigenvalue weighted by Gasteiger charge is 2.19. The number of hydrogen-bond donors (Lipinski definition) is 0. The van der Waals surface area contributed by atoms with Gasteiger partial charge in [0.05, 0.1) is 5.69 Å². The number of rotatable bonds is 6. The standard InChI is InChI=1S/C15H27ClN4/c1-12(20-8-5-6-9-20)7-10-18(3)11-14-13(2)17-19(4)15(14)16/h12H,5-11H2,1-4H3/t12-/m0/s1. The van der Waals surface area contributed by atoms with Gasteiger partial charge in [-0.2, -0.15) is 5.10 Å². The van der Waals surface area contributed by atoms with E-state index in [1.807, 2.05) is 14.0 Å². The van der Waals surface area contributed by atoms with Crippen LogP contribution in [0, 0.1) is 6.92 Å². The van der Waals surface area contributed by atoms with E-state index in [0.717, 1.165) is 29.5 Å². The molecule has 0 N–H and O–H groups in total. The first-order chi connectivity index (χ1) is 9.49. The molecule has 1 aromatic heterocycles. The Morgan fingerprint density at radius 3 is 2.55 bits per heavy atom. The normalized spacial score (nSPS) is 18.1. The maximum absolute atomic E-state index is 6.29. The highest BCUT2D eigenvalue weighted by molar-refractivity contribution is 6.30. The highest BCUT2D eigenvalue weighted by atomic mass is 35.5. The average molecular weight is 299 g/mol. The van der Waals surface area contributed by atoms with Gasteiger partial charge in [-0.25, -0.2) is 0 Å². The van der Waals surface area contributed by atoms with Crippen LogP contribution in [-0.2, 0) is 13.6 Å². The summed E-state index contributed by atoms with van der Waals surface area (Å²) in [6.45, 7) is 8.91. The van der Waals surface area contributed by atoms with Gasteiger partial charge >= 0.3 is 0 Å². The van der Waals surface area contributed by atoms with Crippen LogP contribution in [0.1, 0.15) is 37.4 Å². The molecule has 1 atom stereocenters. The molecule has 1 fully saturated rings. The molecule has 0 unspecified atom stereocenters. The molecule has 0 aromatic carbocycles. The molecule has 20 heavy (non-hydrogen) atoms. The number of halogens is 1. The molecule has 1 aliphatic heterocycles. The lowest BCUT2D eigenvalue weighted by molar-refractivity contribution is 0.215. The summed E-state index contributed by atoms with van der Waals surface area (Å²) in [5.74, 6) is 0. The third-order valence-corrected chi connectivity index (χ3v) is 4.86. The van der Waals surface area contributed by atoms with Crippen molar-refractivity contribution in [2.75, 3.05) is 26.7 Å². The van der Waals surface area contributed by atoms with E-state index in [4.69, 9.17) is 11.6 Å². The van der Waals surface area contributed by atoms with Gasteiger partial charge in [-0.3, -0.25) is 4.68 Å². The molecule has 0 radical (unpaired) electrons. The number of likely N-dealkylation sites (tertiary alicyclic amines) is 1. The molecule has 0 amide bonds. The van der Waals surface area contributed by atoms with E-state index in [1.54, 1.807) is 4.68 Å². The predicted octanol–water partition coefficient (Wildman–Crippen LogP) is 2.69. The zero-order valence-electron chi connectivity index (χ0n) is 13.2. The van der Waals surface area contributed by atoms with E-state index in [1.165, 1.54) is 32.4 Å². The van der Waals surface area contributed by atoms with E-state index < -0.39 is 0 Å². The Labute approximate surface area is 127 Å². The topological polar surface area (TPSA) is 24.3 Å². The van der Waals surface area contributed by atoms with Crippen LogP contribution < -0.4 is 0 Å². The van der Waals surface area contributed by atoms with Crippen LogP contribution in [-0.4, -0.2) is 52.3 Å². The number of aromatic nitrogens is 2. The van der Waals surface area contributed by atoms with Crippen molar-refractivity contribution in [2.45, 2.75) is 45.7 Å². The fourth-order valence-electron chi connectivity index (χ4n) is 2.97. The molecule has 5 heteroatoms. The van der Waals surface area contributed by atoms with Gasteiger partial charge in [-0.1, -0.05) is 11.6 Å². The lowest BCUT2D eigenvalue weighted by atomic mass is 10.2. The van der Waals surface area contributed by atoms with E-state index in [9.17, 15) is 0 Å². The second kappa shape index (κ2) is 6.92. The first kappa shape index (κ1) is 15.8. The lowest BCUT2D eigenvalue weighted by Crippen LogP contribution is -2.33. The summed E-state index contributed by atoms with van der Waals surface area (Å²) in [6.07, 6.45) is 3.95. The van der Waals surface area contributed by atoms with Crippen molar-refractivity contribution in [2.24, 2.45) is 7.05 Å². The summed E-state index contributed by atoms with van der Waals surface area (Å²) in [7, 11) is 4.06. The first-order valence-corrected chi connectivity index (χ1v) is 7.97. The summed E-state index contributed by atoms with van der Waals surface area (Å²) < 4.78 is 1.76. The fraction of sp³-hybridized carbons (Fsp3) is 0.800. The molecule has 2 heterocycles. The fourth-order valence-corrected chi connectivity index (χ4v) is 3.21. The van der Waals surface area contributed by atoms with Gasteiger partial charge in [0.2, 0.25) is 0 Å². The summed E-state index contributed by atoms with van der Waals surface area (Å²) in [5, 5.41) is 5.14. The van der Waals surface area contributed by atoms with Gasteiger partial charge in [0.1, 0.15) is 5.15 Å². The zero-order valence-corrected chi connectivity index (χ0v) is 13.9. The van der Waals surface area contributed by atoms with Crippen LogP contribution in [0.3, 0.4) is 0 Å². The van der Waals surface area contributed by atoms with Crippen LogP contribution >= 0.6 is 11.6 Å². The Morgan fingerprint density at radius 2 is 2.00 bits per heavy atom. The number of hydrogen-bond acceptors (Lipinski definition) is 3. The molecule has 2 rings (SSSR count). The lowest BCUT2D eigenvalue weighted by Gasteiger charge is -2.26. The monoisotopic (exact) mass is 298 g/mol. The maximum Gasteiger partial charge on any atom is 0.131 e.